The van der Waals surface area contributed by atoms with Crippen LogP contribution in [0.15, 0.2) is 28.8 Å². The molecule has 4 rings (SSSR count). The summed E-state index contributed by atoms with van der Waals surface area (Å²) in [5.74, 6) is 0.128. The van der Waals surface area contributed by atoms with Gasteiger partial charge in [0, 0.05) is 19.2 Å². The molecule has 1 unspecified atom stereocenters. The van der Waals surface area contributed by atoms with Gasteiger partial charge < -0.3 is 28.7 Å². The number of ether oxygens (including phenoxy) is 3. The summed E-state index contributed by atoms with van der Waals surface area (Å²) in [6.07, 6.45) is 3.22. The van der Waals surface area contributed by atoms with Crippen LogP contribution in [0.25, 0.3) is 11.3 Å². The van der Waals surface area contributed by atoms with E-state index in [0.717, 1.165) is 24.8 Å². The number of nitrogens with zero attached hydrogens (tertiary/aromatic N) is 2. The summed E-state index contributed by atoms with van der Waals surface area (Å²) >= 11 is 0. The van der Waals surface area contributed by atoms with E-state index in [-0.39, 0.29) is 24.7 Å². The van der Waals surface area contributed by atoms with Gasteiger partial charge in [0.25, 0.3) is 0 Å². The van der Waals surface area contributed by atoms with Crippen molar-refractivity contribution in [1.82, 2.24) is 10.1 Å². The highest BCUT2D eigenvalue weighted by atomic mass is 16.6. The molecule has 2 aliphatic rings. The fourth-order valence-corrected chi connectivity index (χ4v) is 4.35. The number of carbonyl (C=O) groups excluding carboxylic acids is 1. The van der Waals surface area contributed by atoms with E-state index in [9.17, 15) is 14.7 Å². The number of aryl methyl sites for hydroxylation is 1. The number of aliphatic carboxylic acids is 1. The molecule has 1 aromatic carbocycles. The lowest BCUT2D eigenvalue weighted by molar-refractivity contribution is -0.143. The van der Waals surface area contributed by atoms with E-state index in [1.807, 2.05) is 31.2 Å². The lowest BCUT2D eigenvalue weighted by Crippen LogP contribution is -2.37. The highest BCUT2D eigenvalue weighted by Crippen LogP contribution is 2.31. The Morgan fingerprint density at radius 1 is 1.21 bits per heavy atom. The van der Waals surface area contributed by atoms with Gasteiger partial charge in [-0.3, -0.25) is 4.79 Å². The van der Waals surface area contributed by atoms with Gasteiger partial charge in [0.2, 0.25) is 0 Å². The van der Waals surface area contributed by atoms with Crippen LogP contribution in [0, 0.1) is 12.8 Å². The summed E-state index contributed by atoms with van der Waals surface area (Å²) < 4.78 is 22.4. The molecule has 178 valence electrons. The lowest BCUT2D eigenvalue weighted by atomic mass is 9.87. The van der Waals surface area contributed by atoms with Crippen molar-refractivity contribution in [3.8, 4) is 17.1 Å². The van der Waals surface area contributed by atoms with Crippen molar-refractivity contribution in [1.29, 1.82) is 0 Å². The predicted molar refractivity (Wildman–Crippen MR) is 118 cm³/mol. The molecule has 0 radical (unpaired) electrons. The SMILES string of the molecule is Cc1noc(-c2ccc(O[C@H]3CCC[C@H](C(=O)O)C3)cc2)c1COC(=O)N(C)C1CCOC1. The average Bonchev–Trinajstić information content (AvgIpc) is 3.48. The van der Waals surface area contributed by atoms with Crippen molar-refractivity contribution in [3.63, 3.8) is 0 Å². The molecule has 3 atom stereocenters. The van der Waals surface area contributed by atoms with E-state index in [1.165, 1.54) is 0 Å². The zero-order valence-electron chi connectivity index (χ0n) is 19.0. The first-order chi connectivity index (χ1) is 15.9. The number of carboxylic acid groups (broad SMARTS) is 1. The van der Waals surface area contributed by atoms with Crippen LogP contribution in [0.5, 0.6) is 5.75 Å². The van der Waals surface area contributed by atoms with Crippen LogP contribution < -0.4 is 4.74 Å². The number of likely N-dealkylation sites (N-methyl/N-ethyl adjacent to an activating group) is 1. The summed E-state index contributed by atoms with van der Waals surface area (Å²) in [7, 11) is 1.72. The first kappa shape index (κ1) is 23.1. The van der Waals surface area contributed by atoms with Gasteiger partial charge in [-0.25, -0.2) is 4.79 Å². The first-order valence-corrected chi connectivity index (χ1v) is 11.3. The smallest absolute Gasteiger partial charge is 0.410 e. The van der Waals surface area contributed by atoms with Crippen molar-refractivity contribution < 1.29 is 33.4 Å². The molecular weight excluding hydrogens is 428 g/mol. The average molecular weight is 459 g/mol. The largest absolute Gasteiger partial charge is 0.490 e. The minimum Gasteiger partial charge on any atom is -0.490 e. The third kappa shape index (κ3) is 5.47. The predicted octanol–water partition coefficient (Wildman–Crippen LogP) is 4.03. The summed E-state index contributed by atoms with van der Waals surface area (Å²) in [5.41, 5.74) is 2.16. The number of hydrogen-bond acceptors (Lipinski definition) is 7. The van der Waals surface area contributed by atoms with Gasteiger partial charge in [-0.05, 0) is 63.3 Å². The van der Waals surface area contributed by atoms with Crippen molar-refractivity contribution in [3.05, 3.63) is 35.5 Å². The number of carbonyl (C=O) groups is 2. The number of benzene rings is 1. The molecule has 2 heterocycles. The zero-order chi connectivity index (χ0) is 23.4. The van der Waals surface area contributed by atoms with E-state index in [1.54, 1.807) is 11.9 Å². The summed E-state index contributed by atoms with van der Waals surface area (Å²) in [6.45, 7) is 3.04. The van der Waals surface area contributed by atoms with E-state index < -0.39 is 12.1 Å². The maximum absolute atomic E-state index is 12.4. The van der Waals surface area contributed by atoms with Crippen molar-refractivity contribution in [2.24, 2.45) is 5.92 Å². The number of hydrogen-bond donors (Lipinski definition) is 1. The highest BCUT2D eigenvalue weighted by Gasteiger charge is 2.28. The minimum atomic E-state index is -0.754. The highest BCUT2D eigenvalue weighted by molar-refractivity contribution is 5.70. The molecule has 1 amide bonds. The maximum atomic E-state index is 12.4. The van der Waals surface area contributed by atoms with Crippen molar-refractivity contribution in [2.75, 3.05) is 20.3 Å². The molecule has 33 heavy (non-hydrogen) atoms. The van der Waals surface area contributed by atoms with Crippen LogP contribution in [-0.4, -0.2) is 59.6 Å². The molecule has 1 aliphatic heterocycles. The van der Waals surface area contributed by atoms with E-state index in [2.05, 4.69) is 5.16 Å². The molecule has 2 fully saturated rings. The Bertz CT molecular complexity index is 966. The van der Waals surface area contributed by atoms with Gasteiger partial charge in [-0.2, -0.15) is 0 Å². The molecule has 0 bridgehead atoms. The molecule has 0 spiro atoms. The second-order valence-electron chi connectivity index (χ2n) is 8.72. The maximum Gasteiger partial charge on any atom is 0.410 e. The topological polar surface area (TPSA) is 111 Å². The zero-order valence-corrected chi connectivity index (χ0v) is 19.0. The Morgan fingerprint density at radius 3 is 2.70 bits per heavy atom. The Hall–Kier alpha value is -3.07. The van der Waals surface area contributed by atoms with Gasteiger partial charge in [0.05, 0.1) is 35.9 Å². The molecule has 1 saturated carbocycles. The molecule has 1 aliphatic carbocycles. The second-order valence-corrected chi connectivity index (χ2v) is 8.72. The Balaban J connectivity index is 1.38. The van der Waals surface area contributed by atoms with Crippen LogP contribution in [0.1, 0.15) is 43.4 Å². The van der Waals surface area contributed by atoms with Gasteiger partial charge in [-0.15, -0.1) is 0 Å². The van der Waals surface area contributed by atoms with Crippen LogP contribution in [0.4, 0.5) is 4.79 Å². The lowest BCUT2D eigenvalue weighted by Gasteiger charge is -2.27. The summed E-state index contributed by atoms with van der Waals surface area (Å²) in [4.78, 5) is 25.3. The number of aromatic nitrogens is 1. The van der Waals surface area contributed by atoms with Crippen LogP contribution in [-0.2, 0) is 20.9 Å². The number of amides is 1. The van der Waals surface area contributed by atoms with Gasteiger partial charge >= 0.3 is 12.1 Å². The molecule has 9 heteroatoms. The minimum absolute atomic E-state index is 0.0306. The standard InChI is InChI=1S/C24H30N2O7/c1-15-21(14-31-24(29)26(2)18-10-11-30-13-18)22(33-25-15)16-6-8-19(9-7-16)32-20-5-3-4-17(12-20)23(27)28/h6-9,17-18,20H,3-5,10-14H2,1-2H3,(H,27,28)/t17-,18?,20-/m0/s1. The molecular formula is C24H30N2O7. The Kier molecular flexibility index (Phi) is 7.17. The fraction of sp³-hybridized carbons (Fsp3) is 0.542. The molecule has 1 saturated heterocycles. The van der Waals surface area contributed by atoms with Crippen LogP contribution in [0.2, 0.25) is 0 Å². The molecule has 1 aromatic heterocycles. The quantitative estimate of drug-likeness (QED) is 0.662. The van der Waals surface area contributed by atoms with E-state index in [4.69, 9.17) is 18.7 Å². The van der Waals surface area contributed by atoms with Crippen molar-refractivity contribution >= 4 is 12.1 Å². The van der Waals surface area contributed by atoms with Crippen molar-refractivity contribution in [2.45, 2.75) is 57.8 Å². The third-order valence-corrected chi connectivity index (χ3v) is 6.46. The molecule has 2 aromatic rings. The Labute approximate surface area is 192 Å². The van der Waals surface area contributed by atoms with Gasteiger partial charge in [0.15, 0.2) is 5.76 Å². The van der Waals surface area contributed by atoms with E-state index in [0.29, 0.717) is 48.8 Å². The van der Waals surface area contributed by atoms with Gasteiger partial charge in [0.1, 0.15) is 12.4 Å². The molecule has 1 N–H and O–H groups in total. The number of rotatable bonds is 7. The summed E-state index contributed by atoms with van der Waals surface area (Å²) in [6, 6.07) is 7.42. The number of carboxylic acids is 1. The van der Waals surface area contributed by atoms with Crippen LogP contribution in [0.3, 0.4) is 0 Å². The van der Waals surface area contributed by atoms with Crippen LogP contribution >= 0.6 is 0 Å². The Morgan fingerprint density at radius 2 is 2.00 bits per heavy atom. The third-order valence-electron chi connectivity index (χ3n) is 6.46. The summed E-state index contributed by atoms with van der Waals surface area (Å²) in [5, 5.41) is 13.3. The first-order valence-electron chi connectivity index (χ1n) is 11.3. The fourth-order valence-electron chi connectivity index (χ4n) is 4.35. The second kappa shape index (κ2) is 10.2. The normalized spacial score (nSPS) is 22.7. The van der Waals surface area contributed by atoms with E-state index >= 15 is 0 Å². The monoisotopic (exact) mass is 458 g/mol. The van der Waals surface area contributed by atoms with Gasteiger partial charge in [-0.1, -0.05) is 5.16 Å². The molecule has 9 nitrogen and oxygen atoms in total.